The van der Waals surface area contributed by atoms with Crippen molar-refractivity contribution in [3.8, 4) is 11.3 Å². The maximum Gasteiger partial charge on any atom is 0.306 e. The molecule has 1 aromatic heterocycles. The molecule has 3 rings (SSSR count). The largest absolute Gasteiger partial charge is 0.469 e. The molecule has 1 aliphatic rings. The number of benzene rings is 1. The first-order chi connectivity index (χ1) is 14.1. The van der Waals surface area contributed by atoms with Crippen molar-refractivity contribution in [3.05, 3.63) is 46.9 Å². The van der Waals surface area contributed by atoms with Crippen LogP contribution in [0.15, 0.2) is 24.3 Å². The third kappa shape index (κ3) is 4.37. The Bertz CT molecular complexity index is 958. The highest BCUT2D eigenvalue weighted by molar-refractivity contribution is 5.92. The molecule has 30 heavy (non-hydrogen) atoms. The average molecular weight is 410 g/mol. The van der Waals surface area contributed by atoms with Crippen LogP contribution in [0.25, 0.3) is 11.3 Å². The topological polar surface area (TPSA) is 95.2 Å². The third-order valence-electron chi connectivity index (χ3n) is 6.69. The van der Waals surface area contributed by atoms with Gasteiger partial charge in [-0.1, -0.05) is 38.1 Å². The molecule has 0 unspecified atom stereocenters. The first-order valence-corrected chi connectivity index (χ1v) is 10.4. The van der Waals surface area contributed by atoms with E-state index in [0.29, 0.717) is 17.8 Å². The molecular formula is C24H31N3O3. The fourth-order valence-electron chi connectivity index (χ4n) is 4.46. The lowest BCUT2D eigenvalue weighted by molar-refractivity contribution is -0.143. The summed E-state index contributed by atoms with van der Waals surface area (Å²) in [6.07, 6.45) is 4.51. The van der Waals surface area contributed by atoms with Gasteiger partial charge in [-0.2, -0.15) is 0 Å². The zero-order valence-corrected chi connectivity index (χ0v) is 18.5. The zero-order valence-electron chi connectivity index (χ0n) is 18.5. The van der Waals surface area contributed by atoms with Gasteiger partial charge in [0.05, 0.1) is 30.6 Å². The lowest BCUT2D eigenvalue weighted by Crippen LogP contribution is -2.35. The Balaban J connectivity index is 1.81. The Labute approximate surface area is 178 Å². The summed E-state index contributed by atoms with van der Waals surface area (Å²) < 4.78 is 4.87. The van der Waals surface area contributed by atoms with Crippen molar-refractivity contribution >= 4 is 11.9 Å². The number of ether oxygens (including phenoxy) is 1. The number of nitrogens with zero attached hydrogens (tertiary/aromatic N) is 2. The number of esters is 1. The lowest BCUT2D eigenvalue weighted by atomic mass is 9.62. The van der Waals surface area contributed by atoms with Crippen LogP contribution in [-0.4, -0.2) is 29.0 Å². The lowest BCUT2D eigenvalue weighted by Gasteiger charge is -2.43. The number of aryl methyl sites for hydroxylation is 2. The minimum Gasteiger partial charge on any atom is -0.469 e. The van der Waals surface area contributed by atoms with Crippen LogP contribution in [0.2, 0.25) is 0 Å². The summed E-state index contributed by atoms with van der Waals surface area (Å²) in [4.78, 5) is 32.3. The number of hydrogen-bond acceptors (Lipinski definition) is 5. The van der Waals surface area contributed by atoms with E-state index in [1.807, 2.05) is 19.1 Å². The number of methoxy groups -OCH3 is 1. The predicted molar refractivity (Wildman–Crippen MR) is 116 cm³/mol. The molecule has 1 fully saturated rings. The molecule has 0 radical (unpaired) electrons. The number of amides is 1. The van der Waals surface area contributed by atoms with E-state index in [4.69, 9.17) is 10.5 Å². The van der Waals surface area contributed by atoms with Crippen molar-refractivity contribution in [2.24, 2.45) is 11.1 Å². The van der Waals surface area contributed by atoms with Gasteiger partial charge < -0.3 is 10.5 Å². The van der Waals surface area contributed by atoms with Gasteiger partial charge >= 0.3 is 5.97 Å². The smallest absolute Gasteiger partial charge is 0.306 e. The number of nitrogens with two attached hydrogens (primary N) is 1. The number of carbonyl (C=O) groups excluding carboxylic acids is 2. The molecule has 1 heterocycles. The summed E-state index contributed by atoms with van der Waals surface area (Å²) in [5.41, 5.74) is 9.92. The Kier molecular flexibility index (Phi) is 5.97. The minimum absolute atomic E-state index is 0.00626. The van der Waals surface area contributed by atoms with Crippen molar-refractivity contribution < 1.29 is 14.3 Å². The van der Waals surface area contributed by atoms with E-state index in [-0.39, 0.29) is 22.5 Å². The van der Waals surface area contributed by atoms with Crippen LogP contribution in [0.4, 0.5) is 0 Å². The number of carbonyl (C=O) groups is 2. The quantitative estimate of drug-likeness (QED) is 0.745. The molecule has 1 aliphatic carbocycles. The summed E-state index contributed by atoms with van der Waals surface area (Å²) >= 11 is 0. The molecule has 160 valence electrons. The molecule has 2 aromatic rings. The van der Waals surface area contributed by atoms with Crippen molar-refractivity contribution in [2.45, 2.75) is 65.2 Å². The molecule has 2 N–H and O–H groups in total. The predicted octanol–water partition coefficient (Wildman–Crippen LogP) is 4.26. The molecule has 1 saturated carbocycles. The van der Waals surface area contributed by atoms with Gasteiger partial charge in [-0.05, 0) is 55.9 Å². The molecule has 0 saturated heterocycles. The molecular weight excluding hydrogens is 378 g/mol. The van der Waals surface area contributed by atoms with Crippen LogP contribution in [0.3, 0.4) is 0 Å². The Morgan fingerprint density at radius 2 is 1.60 bits per heavy atom. The highest BCUT2D eigenvalue weighted by Gasteiger charge is 2.39. The number of aromatic nitrogens is 2. The van der Waals surface area contributed by atoms with Crippen molar-refractivity contribution in [1.29, 1.82) is 0 Å². The zero-order chi connectivity index (χ0) is 22.1. The highest BCUT2D eigenvalue weighted by Crippen LogP contribution is 2.48. The van der Waals surface area contributed by atoms with Crippen LogP contribution >= 0.6 is 0 Å². The summed E-state index contributed by atoms with van der Waals surface area (Å²) in [7, 11) is 1.45. The van der Waals surface area contributed by atoms with Gasteiger partial charge in [0.2, 0.25) is 0 Å². The van der Waals surface area contributed by atoms with Crippen LogP contribution < -0.4 is 5.73 Å². The van der Waals surface area contributed by atoms with Crippen LogP contribution in [-0.2, 0) is 14.9 Å². The molecule has 0 bridgehead atoms. The number of rotatable bonds is 5. The molecule has 6 nitrogen and oxygen atoms in total. The average Bonchev–Trinajstić information content (AvgIpc) is 2.70. The van der Waals surface area contributed by atoms with Gasteiger partial charge in [0.25, 0.3) is 5.91 Å². The van der Waals surface area contributed by atoms with E-state index in [1.165, 1.54) is 12.7 Å². The molecule has 1 aromatic carbocycles. The molecule has 0 atom stereocenters. The summed E-state index contributed by atoms with van der Waals surface area (Å²) in [6, 6.07) is 8.37. The van der Waals surface area contributed by atoms with Crippen LogP contribution in [0, 0.1) is 19.3 Å². The molecule has 0 aliphatic heterocycles. The van der Waals surface area contributed by atoms with Gasteiger partial charge in [-0.15, -0.1) is 0 Å². The molecule has 0 spiro atoms. The summed E-state index contributed by atoms with van der Waals surface area (Å²) in [6.45, 7) is 8.10. The summed E-state index contributed by atoms with van der Waals surface area (Å²) in [5.74, 6) is -0.696. The van der Waals surface area contributed by atoms with E-state index >= 15 is 0 Å². The van der Waals surface area contributed by atoms with E-state index in [1.54, 1.807) is 6.92 Å². The Hall–Kier alpha value is -2.76. The van der Waals surface area contributed by atoms with E-state index in [0.717, 1.165) is 36.9 Å². The van der Waals surface area contributed by atoms with Crippen LogP contribution in [0.1, 0.15) is 73.4 Å². The fourth-order valence-corrected chi connectivity index (χ4v) is 4.46. The van der Waals surface area contributed by atoms with E-state index in [9.17, 15) is 9.59 Å². The van der Waals surface area contributed by atoms with Gasteiger partial charge in [0.15, 0.2) is 0 Å². The standard InChI is InChI=1S/C24H31N3O3/c1-15-20(27-21(22(25)29)16(2)26-15)17-6-8-18(9-7-17)24(4)12-10-23(3,11-13-24)14-19(28)30-5/h6-9H,10-14H2,1-5H3,(H2,25,29). The van der Waals surface area contributed by atoms with Gasteiger partial charge in [0, 0.05) is 5.56 Å². The fraction of sp³-hybridized carbons (Fsp3) is 0.500. The van der Waals surface area contributed by atoms with Gasteiger partial charge in [-0.3, -0.25) is 14.6 Å². The second kappa shape index (κ2) is 8.17. The number of primary amides is 1. The number of hydrogen-bond donors (Lipinski definition) is 1. The first-order valence-electron chi connectivity index (χ1n) is 10.4. The highest BCUT2D eigenvalue weighted by atomic mass is 16.5. The van der Waals surface area contributed by atoms with Crippen molar-refractivity contribution in [2.75, 3.05) is 7.11 Å². The Morgan fingerprint density at radius 3 is 2.13 bits per heavy atom. The second-order valence-corrected chi connectivity index (χ2v) is 9.16. The molecule has 6 heteroatoms. The first kappa shape index (κ1) is 21.9. The van der Waals surface area contributed by atoms with E-state index in [2.05, 4.69) is 35.9 Å². The third-order valence-corrected chi connectivity index (χ3v) is 6.69. The summed E-state index contributed by atoms with van der Waals surface area (Å²) in [5, 5.41) is 0. The Morgan fingerprint density at radius 1 is 1.00 bits per heavy atom. The van der Waals surface area contributed by atoms with Crippen LogP contribution in [0.5, 0.6) is 0 Å². The maximum atomic E-state index is 11.7. The minimum atomic E-state index is -0.567. The van der Waals surface area contributed by atoms with E-state index < -0.39 is 5.91 Å². The maximum absolute atomic E-state index is 11.7. The monoisotopic (exact) mass is 409 g/mol. The van der Waals surface area contributed by atoms with Gasteiger partial charge in [0.1, 0.15) is 5.69 Å². The SMILES string of the molecule is COC(=O)CC1(C)CCC(C)(c2ccc(-c3nc(C(N)=O)c(C)nc3C)cc2)CC1. The molecule has 1 amide bonds. The second-order valence-electron chi connectivity index (χ2n) is 9.16. The van der Waals surface area contributed by atoms with Crippen molar-refractivity contribution in [1.82, 2.24) is 9.97 Å². The van der Waals surface area contributed by atoms with Gasteiger partial charge in [-0.25, -0.2) is 4.98 Å². The van der Waals surface area contributed by atoms with Crippen molar-refractivity contribution in [3.63, 3.8) is 0 Å². The normalized spacial score (nSPS) is 23.8.